The molecule has 136 valence electrons. The summed E-state index contributed by atoms with van der Waals surface area (Å²) >= 11 is 0. The number of hydrogen-bond donors (Lipinski definition) is 1. The number of nitrogens with zero attached hydrogens (tertiary/aromatic N) is 1. The van der Waals surface area contributed by atoms with Crippen LogP contribution in [-0.4, -0.2) is 29.8 Å². The third kappa shape index (κ3) is 4.04. The van der Waals surface area contributed by atoms with Crippen molar-refractivity contribution in [3.63, 3.8) is 0 Å². The van der Waals surface area contributed by atoms with Gasteiger partial charge in [-0.05, 0) is 49.2 Å². The van der Waals surface area contributed by atoms with Gasteiger partial charge in [-0.1, -0.05) is 12.1 Å². The van der Waals surface area contributed by atoms with E-state index in [2.05, 4.69) is 5.32 Å². The van der Waals surface area contributed by atoms with E-state index in [1.54, 1.807) is 17.0 Å². The lowest BCUT2D eigenvalue weighted by Crippen LogP contribution is -2.27. The number of alkyl halides is 3. The van der Waals surface area contributed by atoms with Crippen LogP contribution in [-0.2, 0) is 6.18 Å². The van der Waals surface area contributed by atoms with Gasteiger partial charge in [0, 0.05) is 29.9 Å². The molecule has 1 N–H and O–H groups in total. The lowest BCUT2D eigenvalue weighted by molar-refractivity contribution is -0.137. The van der Waals surface area contributed by atoms with Crippen molar-refractivity contribution in [3.05, 3.63) is 65.2 Å². The summed E-state index contributed by atoms with van der Waals surface area (Å²) in [5, 5.41) is 2.44. The average molecular weight is 362 g/mol. The molecule has 0 spiro atoms. The summed E-state index contributed by atoms with van der Waals surface area (Å²) in [4.78, 5) is 26.5. The van der Waals surface area contributed by atoms with Crippen LogP contribution >= 0.6 is 0 Å². The Bertz CT molecular complexity index is 828. The van der Waals surface area contributed by atoms with E-state index in [1.807, 2.05) is 0 Å². The van der Waals surface area contributed by atoms with E-state index in [1.165, 1.54) is 24.3 Å². The second-order valence-corrected chi connectivity index (χ2v) is 6.11. The highest BCUT2D eigenvalue weighted by molar-refractivity contribution is 6.06. The molecular formula is C19H17F3N2O2. The van der Waals surface area contributed by atoms with Crippen molar-refractivity contribution in [1.29, 1.82) is 0 Å². The molecule has 2 aromatic carbocycles. The molecule has 0 aliphatic carbocycles. The van der Waals surface area contributed by atoms with E-state index in [0.29, 0.717) is 18.7 Å². The van der Waals surface area contributed by atoms with Gasteiger partial charge in [0.25, 0.3) is 11.8 Å². The predicted molar refractivity (Wildman–Crippen MR) is 91.0 cm³/mol. The molecule has 2 amide bonds. The van der Waals surface area contributed by atoms with E-state index >= 15 is 0 Å². The SMILES string of the molecule is O=C(Nc1cccc(C(F)(F)F)c1)c1cccc(C(=O)N2CCCC2)c1. The first-order valence-electron chi connectivity index (χ1n) is 8.22. The summed E-state index contributed by atoms with van der Waals surface area (Å²) in [6.07, 6.45) is -2.56. The standard InChI is InChI=1S/C19H17F3N2O2/c20-19(21,22)15-7-4-8-16(12-15)23-17(25)13-5-3-6-14(11-13)18(26)24-9-1-2-10-24/h3-8,11-12H,1-2,9-10H2,(H,23,25). The second kappa shape index (κ2) is 7.19. The minimum absolute atomic E-state index is 0.0427. The van der Waals surface area contributed by atoms with Gasteiger partial charge in [0.05, 0.1) is 5.56 Å². The molecule has 0 atom stereocenters. The molecule has 1 fully saturated rings. The smallest absolute Gasteiger partial charge is 0.339 e. The van der Waals surface area contributed by atoms with Crippen LogP contribution in [0.1, 0.15) is 39.1 Å². The zero-order chi connectivity index (χ0) is 18.7. The summed E-state index contributed by atoms with van der Waals surface area (Å²) < 4.78 is 38.3. The lowest BCUT2D eigenvalue weighted by atomic mass is 10.1. The van der Waals surface area contributed by atoms with Crippen molar-refractivity contribution in [2.45, 2.75) is 19.0 Å². The summed E-state index contributed by atoms with van der Waals surface area (Å²) in [5.41, 5.74) is -0.189. The Labute approximate surface area is 148 Å². The highest BCUT2D eigenvalue weighted by atomic mass is 19.4. The maximum absolute atomic E-state index is 12.8. The third-order valence-corrected chi connectivity index (χ3v) is 4.21. The number of hydrogen-bond acceptors (Lipinski definition) is 2. The summed E-state index contributed by atoms with van der Waals surface area (Å²) in [7, 11) is 0. The fraction of sp³-hybridized carbons (Fsp3) is 0.263. The van der Waals surface area contributed by atoms with Gasteiger partial charge in [-0.25, -0.2) is 0 Å². The highest BCUT2D eigenvalue weighted by Gasteiger charge is 2.30. The molecule has 1 saturated heterocycles. The monoisotopic (exact) mass is 362 g/mol. The fourth-order valence-corrected chi connectivity index (χ4v) is 2.87. The molecule has 3 rings (SSSR count). The van der Waals surface area contributed by atoms with E-state index in [0.717, 1.165) is 25.0 Å². The molecule has 0 saturated carbocycles. The first kappa shape index (κ1) is 18.0. The normalized spacial score (nSPS) is 14.3. The molecule has 26 heavy (non-hydrogen) atoms. The number of rotatable bonds is 3. The van der Waals surface area contributed by atoms with E-state index < -0.39 is 17.6 Å². The molecule has 0 aromatic heterocycles. The topological polar surface area (TPSA) is 49.4 Å². The first-order chi connectivity index (χ1) is 12.3. The maximum Gasteiger partial charge on any atom is 0.416 e. The van der Waals surface area contributed by atoms with Gasteiger partial charge in [-0.3, -0.25) is 9.59 Å². The number of likely N-dealkylation sites (tertiary alicyclic amines) is 1. The Morgan fingerprint density at radius 1 is 0.923 bits per heavy atom. The van der Waals surface area contributed by atoms with Crippen molar-refractivity contribution in [3.8, 4) is 0 Å². The van der Waals surface area contributed by atoms with E-state index in [9.17, 15) is 22.8 Å². The van der Waals surface area contributed by atoms with Crippen LogP contribution in [0.4, 0.5) is 18.9 Å². The Morgan fingerprint density at radius 3 is 2.27 bits per heavy atom. The number of nitrogens with one attached hydrogen (secondary N) is 1. The zero-order valence-electron chi connectivity index (χ0n) is 13.8. The van der Waals surface area contributed by atoms with Crippen molar-refractivity contribution in [2.24, 2.45) is 0 Å². The molecule has 0 unspecified atom stereocenters. The Morgan fingerprint density at radius 2 is 1.58 bits per heavy atom. The fourth-order valence-electron chi connectivity index (χ4n) is 2.87. The number of halogens is 3. The third-order valence-electron chi connectivity index (χ3n) is 4.21. The Hall–Kier alpha value is -2.83. The molecule has 1 aliphatic heterocycles. The van der Waals surface area contributed by atoms with Crippen LogP contribution in [0.2, 0.25) is 0 Å². The van der Waals surface area contributed by atoms with Crippen molar-refractivity contribution >= 4 is 17.5 Å². The first-order valence-corrected chi connectivity index (χ1v) is 8.22. The van der Waals surface area contributed by atoms with Gasteiger partial charge in [-0.2, -0.15) is 13.2 Å². The number of amides is 2. The van der Waals surface area contributed by atoms with Gasteiger partial charge in [0.15, 0.2) is 0 Å². The minimum atomic E-state index is -4.48. The maximum atomic E-state index is 12.8. The predicted octanol–water partition coefficient (Wildman–Crippen LogP) is 4.19. The number of carbonyl (C=O) groups is 2. The van der Waals surface area contributed by atoms with E-state index in [-0.39, 0.29) is 17.2 Å². The zero-order valence-corrected chi connectivity index (χ0v) is 13.8. The largest absolute Gasteiger partial charge is 0.416 e. The van der Waals surface area contributed by atoms with E-state index in [4.69, 9.17) is 0 Å². The van der Waals surface area contributed by atoms with Crippen LogP contribution in [0.25, 0.3) is 0 Å². The van der Waals surface area contributed by atoms with Gasteiger partial charge < -0.3 is 10.2 Å². The van der Waals surface area contributed by atoms with Crippen LogP contribution in [0.15, 0.2) is 48.5 Å². The molecule has 4 nitrogen and oxygen atoms in total. The van der Waals surface area contributed by atoms with Crippen molar-refractivity contribution in [1.82, 2.24) is 4.90 Å². The van der Waals surface area contributed by atoms with Crippen LogP contribution in [0.3, 0.4) is 0 Å². The second-order valence-electron chi connectivity index (χ2n) is 6.11. The van der Waals surface area contributed by atoms with Gasteiger partial charge in [0.2, 0.25) is 0 Å². The molecule has 1 heterocycles. The van der Waals surface area contributed by atoms with Gasteiger partial charge in [0.1, 0.15) is 0 Å². The molecule has 1 aliphatic rings. The minimum Gasteiger partial charge on any atom is -0.339 e. The van der Waals surface area contributed by atoms with Crippen molar-refractivity contribution < 1.29 is 22.8 Å². The van der Waals surface area contributed by atoms with Crippen molar-refractivity contribution in [2.75, 3.05) is 18.4 Å². The lowest BCUT2D eigenvalue weighted by Gasteiger charge is -2.15. The Kier molecular flexibility index (Phi) is 4.97. The number of anilines is 1. The van der Waals surface area contributed by atoms with Gasteiger partial charge >= 0.3 is 6.18 Å². The van der Waals surface area contributed by atoms with Crippen LogP contribution < -0.4 is 5.32 Å². The quantitative estimate of drug-likeness (QED) is 0.890. The Balaban J connectivity index is 1.76. The summed E-state index contributed by atoms with van der Waals surface area (Å²) in [6.45, 7) is 1.39. The van der Waals surface area contributed by atoms with Crippen LogP contribution in [0.5, 0.6) is 0 Å². The summed E-state index contributed by atoms with van der Waals surface area (Å²) in [5.74, 6) is -0.711. The average Bonchev–Trinajstić information content (AvgIpc) is 3.15. The molecule has 7 heteroatoms. The number of benzene rings is 2. The molecular weight excluding hydrogens is 345 g/mol. The van der Waals surface area contributed by atoms with Crippen LogP contribution in [0, 0.1) is 0 Å². The number of carbonyl (C=O) groups excluding carboxylic acids is 2. The molecule has 2 aromatic rings. The molecule has 0 radical (unpaired) electrons. The van der Waals surface area contributed by atoms with Gasteiger partial charge in [-0.15, -0.1) is 0 Å². The highest BCUT2D eigenvalue weighted by Crippen LogP contribution is 2.30. The summed E-state index contributed by atoms with van der Waals surface area (Å²) in [6, 6.07) is 10.6. The molecule has 0 bridgehead atoms.